The van der Waals surface area contributed by atoms with Crippen LogP contribution in [-0.2, 0) is 34.0 Å². The van der Waals surface area contributed by atoms with Crippen LogP contribution in [-0.4, -0.2) is 41.3 Å². The summed E-state index contributed by atoms with van der Waals surface area (Å²) in [5.41, 5.74) is 3.57. The normalized spacial score (nSPS) is 18.1. The molecule has 2 aliphatic rings. The Morgan fingerprint density at radius 1 is 0.615 bits per heavy atom. The van der Waals surface area contributed by atoms with Crippen molar-refractivity contribution in [3.8, 4) is 0 Å². The second kappa shape index (κ2) is 15.8. The van der Waals surface area contributed by atoms with Gasteiger partial charge in [-0.3, -0.25) is 9.59 Å². The third kappa shape index (κ3) is 9.67. The molecule has 0 N–H and O–H groups in total. The molecule has 206 valence electrons. The van der Waals surface area contributed by atoms with E-state index in [1.807, 2.05) is 64.4 Å². The van der Waals surface area contributed by atoms with Crippen molar-refractivity contribution in [2.45, 2.75) is 64.6 Å². The van der Waals surface area contributed by atoms with Crippen LogP contribution < -0.4 is 0 Å². The molecule has 5 heteroatoms. The molecule has 39 heavy (non-hydrogen) atoms. The largest absolute Gasteiger partial charge is 0.376 e. The quantitative estimate of drug-likeness (QED) is 0.331. The molecule has 0 bridgehead atoms. The summed E-state index contributed by atoms with van der Waals surface area (Å²) in [4.78, 5) is 28.6. The molecule has 0 radical (unpaired) electrons. The number of likely N-dealkylation sites (tertiary alicyclic amines) is 2. The van der Waals surface area contributed by atoms with Crippen LogP contribution in [0.25, 0.3) is 0 Å². The minimum absolute atomic E-state index is 0.0140. The van der Waals surface area contributed by atoms with Crippen molar-refractivity contribution in [3.63, 3.8) is 0 Å². The van der Waals surface area contributed by atoms with Crippen molar-refractivity contribution in [3.05, 3.63) is 108 Å². The number of hydrogen-bond acceptors (Lipinski definition) is 3. The number of amides is 2. The molecule has 1 atom stereocenters. The average molecular weight is 527 g/mol. The zero-order chi connectivity index (χ0) is 27.1. The Hall–Kier alpha value is -3.44. The number of nitrogens with zero attached hydrogens (tertiary/aromatic N) is 2. The maximum atomic E-state index is 12.8. The molecule has 2 aliphatic heterocycles. The van der Waals surface area contributed by atoms with Gasteiger partial charge in [-0.05, 0) is 42.4 Å². The smallest absolute Gasteiger partial charge is 0.228 e. The molecule has 3 aromatic rings. The SMILES string of the molecule is O=C1C(COCc2ccccc2)CCCCN1Cc1ccccc1.O=C1CCCCCN1Cc1ccccc1. The molecule has 5 nitrogen and oxygen atoms in total. The summed E-state index contributed by atoms with van der Waals surface area (Å²) in [6.45, 7) is 4.34. The number of hydrogen-bond donors (Lipinski definition) is 0. The summed E-state index contributed by atoms with van der Waals surface area (Å²) >= 11 is 0. The van der Waals surface area contributed by atoms with Crippen LogP contribution in [0, 0.1) is 5.92 Å². The number of ether oxygens (including phenoxy) is 1. The fourth-order valence-corrected chi connectivity index (χ4v) is 5.20. The van der Waals surface area contributed by atoms with E-state index < -0.39 is 0 Å². The van der Waals surface area contributed by atoms with Gasteiger partial charge in [-0.2, -0.15) is 0 Å². The van der Waals surface area contributed by atoms with Crippen LogP contribution in [0.15, 0.2) is 91.0 Å². The lowest BCUT2D eigenvalue weighted by Gasteiger charge is -2.24. The van der Waals surface area contributed by atoms with Gasteiger partial charge in [0.15, 0.2) is 0 Å². The molecule has 1 unspecified atom stereocenters. The zero-order valence-corrected chi connectivity index (χ0v) is 23.0. The summed E-state index contributed by atoms with van der Waals surface area (Å²) < 4.78 is 5.84. The number of carbonyl (C=O) groups is 2. The molecule has 2 heterocycles. The van der Waals surface area contributed by atoms with Gasteiger partial charge in [0.2, 0.25) is 11.8 Å². The van der Waals surface area contributed by atoms with Crippen molar-refractivity contribution in [1.82, 2.24) is 9.80 Å². The molecule has 2 amide bonds. The summed E-state index contributed by atoms with van der Waals surface area (Å²) in [6.07, 6.45) is 7.23. The Bertz CT molecular complexity index is 1120. The number of rotatable bonds is 8. The van der Waals surface area contributed by atoms with Gasteiger partial charge >= 0.3 is 0 Å². The third-order valence-corrected chi connectivity index (χ3v) is 7.43. The molecule has 0 saturated carbocycles. The van der Waals surface area contributed by atoms with Gasteiger partial charge in [-0.25, -0.2) is 0 Å². The summed E-state index contributed by atoms with van der Waals surface area (Å²) in [5.74, 6) is 0.542. The first-order chi connectivity index (χ1) is 19.2. The number of carbonyl (C=O) groups excluding carboxylic acids is 2. The van der Waals surface area contributed by atoms with E-state index >= 15 is 0 Å². The van der Waals surface area contributed by atoms with Gasteiger partial charge in [0.25, 0.3) is 0 Å². The molecule has 0 aliphatic carbocycles. The molecule has 2 saturated heterocycles. The highest BCUT2D eigenvalue weighted by Gasteiger charge is 2.27. The third-order valence-electron chi connectivity index (χ3n) is 7.43. The summed E-state index contributed by atoms with van der Waals surface area (Å²) in [7, 11) is 0. The first-order valence-electron chi connectivity index (χ1n) is 14.4. The topological polar surface area (TPSA) is 49.9 Å². The van der Waals surface area contributed by atoms with Crippen molar-refractivity contribution < 1.29 is 14.3 Å². The lowest BCUT2D eigenvalue weighted by Crippen LogP contribution is -2.36. The van der Waals surface area contributed by atoms with E-state index in [0.29, 0.717) is 25.7 Å². The highest BCUT2D eigenvalue weighted by Crippen LogP contribution is 2.21. The van der Waals surface area contributed by atoms with Crippen LogP contribution in [0.5, 0.6) is 0 Å². The lowest BCUT2D eigenvalue weighted by atomic mass is 10.0. The monoisotopic (exact) mass is 526 g/mol. The predicted molar refractivity (Wildman–Crippen MR) is 156 cm³/mol. The van der Waals surface area contributed by atoms with E-state index in [-0.39, 0.29) is 11.8 Å². The average Bonchev–Trinajstić information content (AvgIpc) is 3.28. The van der Waals surface area contributed by atoms with E-state index in [9.17, 15) is 9.59 Å². The minimum atomic E-state index is -0.0140. The van der Waals surface area contributed by atoms with Gasteiger partial charge in [0.05, 0.1) is 19.1 Å². The van der Waals surface area contributed by atoms with E-state index in [4.69, 9.17) is 4.74 Å². The van der Waals surface area contributed by atoms with Crippen LogP contribution in [0.1, 0.15) is 61.6 Å². The molecule has 2 fully saturated rings. The van der Waals surface area contributed by atoms with Gasteiger partial charge in [0, 0.05) is 32.6 Å². The van der Waals surface area contributed by atoms with E-state index in [1.54, 1.807) is 0 Å². The fraction of sp³-hybridized carbons (Fsp3) is 0.412. The molecule has 0 spiro atoms. The van der Waals surface area contributed by atoms with E-state index in [1.165, 1.54) is 17.5 Å². The van der Waals surface area contributed by atoms with Crippen LogP contribution in [0.4, 0.5) is 0 Å². The van der Waals surface area contributed by atoms with E-state index in [2.05, 4.69) is 36.4 Å². The lowest BCUT2D eigenvalue weighted by molar-refractivity contribution is -0.137. The molecule has 3 aromatic carbocycles. The fourth-order valence-electron chi connectivity index (χ4n) is 5.20. The first kappa shape index (κ1) is 28.6. The van der Waals surface area contributed by atoms with Crippen LogP contribution >= 0.6 is 0 Å². The molecule has 5 rings (SSSR count). The zero-order valence-electron chi connectivity index (χ0n) is 23.0. The highest BCUT2D eigenvalue weighted by atomic mass is 16.5. The second-order valence-corrected chi connectivity index (χ2v) is 10.6. The standard InChI is InChI=1S/C21H25NO2.C13H17NO/c23-21-20(17-24-16-19-11-5-2-6-12-19)13-7-8-14-22(21)15-18-9-3-1-4-10-18;15-13-9-5-2-6-10-14(13)11-12-7-3-1-4-8-12/h1-6,9-12,20H,7-8,13-17H2;1,3-4,7-8H,2,5-6,9-11H2. The number of benzene rings is 3. The van der Waals surface area contributed by atoms with Gasteiger partial charge in [-0.1, -0.05) is 104 Å². The van der Waals surface area contributed by atoms with Crippen molar-refractivity contribution in [2.75, 3.05) is 19.7 Å². The molecular formula is C34H42N2O3. The maximum Gasteiger partial charge on any atom is 0.228 e. The minimum Gasteiger partial charge on any atom is -0.376 e. The summed E-state index contributed by atoms with van der Waals surface area (Å²) in [5, 5.41) is 0. The Labute approximate surface area is 233 Å². The van der Waals surface area contributed by atoms with Crippen LogP contribution in [0.2, 0.25) is 0 Å². The first-order valence-corrected chi connectivity index (χ1v) is 14.4. The second-order valence-electron chi connectivity index (χ2n) is 10.6. The predicted octanol–water partition coefficient (Wildman–Crippen LogP) is 6.62. The van der Waals surface area contributed by atoms with Gasteiger partial charge in [0.1, 0.15) is 0 Å². The van der Waals surface area contributed by atoms with Gasteiger partial charge in [-0.15, -0.1) is 0 Å². The Balaban J connectivity index is 0.000000202. The Morgan fingerprint density at radius 3 is 1.79 bits per heavy atom. The van der Waals surface area contributed by atoms with Gasteiger partial charge < -0.3 is 14.5 Å². The summed E-state index contributed by atoms with van der Waals surface area (Å²) in [6, 6.07) is 30.6. The van der Waals surface area contributed by atoms with Crippen LogP contribution in [0.3, 0.4) is 0 Å². The Kier molecular flexibility index (Phi) is 11.6. The van der Waals surface area contributed by atoms with E-state index in [0.717, 1.165) is 63.7 Å². The molecule has 0 aromatic heterocycles. The van der Waals surface area contributed by atoms with Crippen molar-refractivity contribution >= 4 is 11.8 Å². The Morgan fingerprint density at radius 2 is 1.15 bits per heavy atom. The van der Waals surface area contributed by atoms with Crippen molar-refractivity contribution in [1.29, 1.82) is 0 Å². The molecular weight excluding hydrogens is 484 g/mol. The maximum absolute atomic E-state index is 12.8. The van der Waals surface area contributed by atoms with Crippen molar-refractivity contribution in [2.24, 2.45) is 5.92 Å². The highest BCUT2D eigenvalue weighted by molar-refractivity contribution is 5.79.